The Bertz CT molecular complexity index is 894. The summed E-state index contributed by atoms with van der Waals surface area (Å²) in [5, 5.41) is 6.37. The molecule has 3 rings (SSSR count). The smallest absolute Gasteiger partial charge is 0.264 e. The van der Waals surface area contributed by atoms with Crippen LogP contribution < -0.4 is 15.6 Å². The monoisotopic (exact) mass is 365 g/mol. The highest BCUT2D eigenvalue weighted by molar-refractivity contribution is 7.89. The molecule has 0 amide bonds. The lowest BCUT2D eigenvalue weighted by Gasteiger charge is -2.27. The third-order valence-corrected chi connectivity index (χ3v) is 4.87. The zero-order valence-electron chi connectivity index (χ0n) is 13.4. The summed E-state index contributed by atoms with van der Waals surface area (Å²) < 4.78 is 49.6. The zero-order chi connectivity index (χ0) is 18.2. The standard InChI is InChI=1S/C17H17F2N3O2S/c1-11-2-4-12(5-3-11)15-10-16(17(18)19)22(21-15)13-6-8-14(9-7-13)25(20,23)24/h2-10,16-17,21H,1H3,(H2,20,23,24). The molecule has 0 aromatic heterocycles. The van der Waals surface area contributed by atoms with Crippen LogP contribution in [0, 0.1) is 6.92 Å². The van der Waals surface area contributed by atoms with Crippen LogP contribution >= 0.6 is 0 Å². The van der Waals surface area contributed by atoms with E-state index in [1.54, 1.807) is 0 Å². The van der Waals surface area contributed by atoms with Crippen molar-refractivity contribution in [1.29, 1.82) is 0 Å². The number of sulfonamides is 1. The van der Waals surface area contributed by atoms with E-state index in [0.29, 0.717) is 11.4 Å². The average molecular weight is 365 g/mol. The highest BCUT2D eigenvalue weighted by atomic mass is 32.2. The quantitative estimate of drug-likeness (QED) is 0.873. The van der Waals surface area contributed by atoms with Crippen molar-refractivity contribution in [1.82, 2.24) is 5.43 Å². The molecule has 0 bridgehead atoms. The molecule has 25 heavy (non-hydrogen) atoms. The fourth-order valence-electron chi connectivity index (χ4n) is 2.60. The average Bonchev–Trinajstić information content (AvgIpc) is 3.00. The van der Waals surface area contributed by atoms with Crippen LogP contribution in [0.15, 0.2) is 59.5 Å². The lowest BCUT2D eigenvalue weighted by molar-refractivity contribution is 0.130. The van der Waals surface area contributed by atoms with Crippen LogP contribution in [-0.4, -0.2) is 20.9 Å². The van der Waals surface area contributed by atoms with Gasteiger partial charge in [-0.15, -0.1) is 0 Å². The van der Waals surface area contributed by atoms with Gasteiger partial charge in [0.2, 0.25) is 10.0 Å². The molecule has 8 heteroatoms. The molecule has 0 saturated carbocycles. The molecule has 2 aromatic carbocycles. The van der Waals surface area contributed by atoms with Crippen molar-refractivity contribution in [3.05, 3.63) is 65.7 Å². The van der Waals surface area contributed by atoms with Crippen LogP contribution in [0.2, 0.25) is 0 Å². The molecule has 3 N–H and O–H groups in total. The number of hydrazine groups is 1. The second-order valence-electron chi connectivity index (χ2n) is 5.79. The first kappa shape index (κ1) is 17.4. The third-order valence-electron chi connectivity index (χ3n) is 3.94. The molecule has 1 heterocycles. The summed E-state index contributed by atoms with van der Waals surface area (Å²) in [6.07, 6.45) is -1.16. The van der Waals surface area contributed by atoms with Crippen molar-refractivity contribution < 1.29 is 17.2 Å². The second kappa shape index (κ2) is 6.45. The molecule has 132 valence electrons. The summed E-state index contributed by atoms with van der Waals surface area (Å²) in [5.41, 5.74) is 5.81. The van der Waals surface area contributed by atoms with E-state index in [9.17, 15) is 17.2 Å². The zero-order valence-corrected chi connectivity index (χ0v) is 14.2. The van der Waals surface area contributed by atoms with Crippen molar-refractivity contribution in [2.24, 2.45) is 5.14 Å². The van der Waals surface area contributed by atoms with E-state index in [4.69, 9.17) is 5.14 Å². The van der Waals surface area contributed by atoms with E-state index in [1.807, 2.05) is 31.2 Å². The predicted molar refractivity (Wildman–Crippen MR) is 92.4 cm³/mol. The molecule has 5 nitrogen and oxygen atoms in total. The Morgan fingerprint density at radius 2 is 1.68 bits per heavy atom. The van der Waals surface area contributed by atoms with Crippen LogP contribution in [-0.2, 0) is 10.0 Å². The maximum Gasteiger partial charge on any atom is 0.264 e. The van der Waals surface area contributed by atoms with Gasteiger partial charge in [0.05, 0.1) is 16.3 Å². The van der Waals surface area contributed by atoms with Gasteiger partial charge in [0.25, 0.3) is 6.43 Å². The number of rotatable bonds is 4. The first-order valence-electron chi connectivity index (χ1n) is 7.51. The fraction of sp³-hybridized carbons (Fsp3) is 0.176. The topological polar surface area (TPSA) is 75.4 Å². The first-order valence-corrected chi connectivity index (χ1v) is 9.06. The Balaban J connectivity index is 1.90. The molecule has 0 radical (unpaired) electrons. The van der Waals surface area contributed by atoms with Crippen LogP contribution in [0.4, 0.5) is 14.5 Å². The Labute approximate surface area is 144 Å². The Kier molecular flexibility index (Phi) is 4.49. The van der Waals surface area contributed by atoms with Crippen LogP contribution in [0.3, 0.4) is 0 Å². The summed E-state index contributed by atoms with van der Waals surface area (Å²) in [4.78, 5) is -0.0734. The Morgan fingerprint density at radius 1 is 1.08 bits per heavy atom. The van der Waals surface area contributed by atoms with Crippen molar-refractivity contribution in [2.75, 3.05) is 5.01 Å². The molecule has 0 aliphatic carbocycles. The number of benzene rings is 2. The van der Waals surface area contributed by atoms with E-state index in [-0.39, 0.29) is 4.90 Å². The third kappa shape index (κ3) is 3.64. The number of nitrogens with zero attached hydrogens (tertiary/aromatic N) is 1. The maximum absolute atomic E-state index is 13.5. The summed E-state index contributed by atoms with van der Waals surface area (Å²) in [5.74, 6) is 0. The minimum Gasteiger partial charge on any atom is -0.297 e. The number of halogens is 2. The molecule has 1 aliphatic rings. The van der Waals surface area contributed by atoms with E-state index < -0.39 is 22.5 Å². The van der Waals surface area contributed by atoms with Gasteiger partial charge in [-0.3, -0.25) is 10.4 Å². The fourth-order valence-corrected chi connectivity index (χ4v) is 3.11. The number of aryl methyl sites for hydroxylation is 1. The van der Waals surface area contributed by atoms with Crippen molar-refractivity contribution >= 4 is 21.4 Å². The van der Waals surface area contributed by atoms with Crippen LogP contribution in [0.25, 0.3) is 5.70 Å². The Morgan fingerprint density at radius 3 is 2.20 bits per heavy atom. The molecular weight excluding hydrogens is 348 g/mol. The number of anilines is 1. The SMILES string of the molecule is Cc1ccc(C2=CC(C(F)F)N(c3ccc(S(N)(=O)=O)cc3)N2)cc1. The molecule has 0 saturated heterocycles. The van der Waals surface area contributed by atoms with Crippen LogP contribution in [0.1, 0.15) is 11.1 Å². The minimum atomic E-state index is -3.83. The number of alkyl halides is 2. The molecule has 0 spiro atoms. The minimum absolute atomic E-state index is 0.0734. The highest BCUT2D eigenvalue weighted by Crippen LogP contribution is 2.29. The molecule has 1 atom stereocenters. The normalized spacial score (nSPS) is 17.6. The van der Waals surface area contributed by atoms with E-state index in [0.717, 1.165) is 11.1 Å². The largest absolute Gasteiger partial charge is 0.297 e. The predicted octanol–water partition coefficient (Wildman–Crippen LogP) is 2.64. The van der Waals surface area contributed by atoms with E-state index >= 15 is 0 Å². The number of primary sulfonamides is 1. The van der Waals surface area contributed by atoms with Gasteiger partial charge in [0, 0.05) is 0 Å². The lowest BCUT2D eigenvalue weighted by Crippen LogP contribution is -2.42. The number of nitrogens with one attached hydrogen (secondary N) is 1. The number of hydrogen-bond donors (Lipinski definition) is 2. The first-order chi connectivity index (χ1) is 11.8. The summed E-state index contributed by atoms with van der Waals surface area (Å²) in [6.45, 7) is 1.95. The molecule has 0 fully saturated rings. The lowest BCUT2D eigenvalue weighted by atomic mass is 10.1. The summed E-state index contributed by atoms with van der Waals surface area (Å²) in [7, 11) is -3.83. The number of nitrogens with two attached hydrogens (primary N) is 1. The van der Waals surface area contributed by atoms with E-state index in [2.05, 4.69) is 5.43 Å². The van der Waals surface area contributed by atoms with Gasteiger partial charge in [-0.05, 0) is 42.8 Å². The van der Waals surface area contributed by atoms with Gasteiger partial charge in [0.15, 0.2) is 0 Å². The van der Waals surface area contributed by atoms with Gasteiger partial charge in [-0.1, -0.05) is 29.8 Å². The van der Waals surface area contributed by atoms with Gasteiger partial charge in [-0.25, -0.2) is 22.3 Å². The Hall–Kier alpha value is -2.45. The van der Waals surface area contributed by atoms with Gasteiger partial charge < -0.3 is 0 Å². The van der Waals surface area contributed by atoms with Gasteiger partial charge in [-0.2, -0.15) is 0 Å². The van der Waals surface area contributed by atoms with Crippen molar-refractivity contribution in [2.45, 2.75) is 24.3 Å². The van der Waals surface area contributed by atoms with Gasteiger partial charge in [0.1, 0.15) is 6.04 Å². The summed E-state index contributed by atoms with van der Waals surface area (Å²) >= 11 is 0. The maximum atomic E-state index is 13.5. The molecule has 1 aliphatic heterocycles. The van der Waals surface area contributed by atoms with Crippen molar-refractivity contribution in [3.63, 3.8) is 0 Å². The highest BCUT2D eigenvalue weighted by Gasteiger charge is 2.32. The summed E-state index contributed by atoms with van der Waals surface area (Å²) in [6, 6.07) is 11.8. The molecule has 1 unspecified atom stereocenters. The molecule has 2 aromatic rings. The van der Waals surface area contributed by atoms with Crippen LogP contribution in [0.5, 0.6) is 0 Å². The van der Waals surface area contributed by atoms with E-state index in [1.165, 1.54) is 35.4 Å². The van der Waals surface area contributed by atoms with Gasteiger partial charge >= 0.3 is 0 Å². The number of hydrogen-bond acceptors (Lipinski definition) is 4. The van der Waals surface area contributed by atoms with Crippen molar-refractivity contribution in [3.8, 4) is 0 Å². The molecular formula is C17H17F2N3O2S. The second-order valence-corrected chi connectivity index (χ2v) is 7.35.